The molecule has 0 saturated heterocycles. The van der Waals surface area contributed by atoms with E-state index in [1.807, 2.05) is 68.4 Å². The van der Waals surface area contributed by atoms with Crippen LogP contribution in [-0.2, 0) is 6.61 Å². The van der Waals surface area contributed by atoms with Crippen LogP contribution >= 0.6 is 11.6 Å². The molecule has 0 unspecified atom stereocenters. The zero-order valence-electron chi connectivity index (χ0n) is 15.7. The van der Waals surface area contributed by atoms with Crippen molar-refractivity contribution in [1.82, 2.24) is 0 Å². The summed E-state index contributed by atoms with van der Waals surface area (Å²) in [6.45, 7) is 5.84. The van der Waals surface area contributed by atoms with E-state index in [2.05, 4.69) is 17.4 Å². The quantitative estimate of drug-likeness (QED) is 0.483. The summed E-state index contributed by atoms with van der Waals surface area (Å²) < 4.78 is 11.6. The van der Waals surface area contributed by atoms with Crippen molar-refractivity contribution in [2.75, 3.05) is 18.5 Å². The SMILES string of the molecule is Cc1cc(OCCNc2ccc(OCc3ccccc3)cc2)cc(C)c1Cl. The summed E-state index contributed by atoms with van der Waals surface area (Å²) in [5, 5.41) is 4.15. The van der Waals surface area contributed by atoms with E-state index in [9.17, 15) is 0 Å². The molecule has 0 radical (unpaired) electrons. The Bertz CT molecular complexity index is 840. The van der Waals surface area contributed by atoms with Crippen LogP contribution in [0.25, 0.3) is 0 Å². The molecule has 1 N–H and O–H groups in total. The predicted octanol–water partition coefficient (Wildman–Crippen LogP) is 6.03. The summed E-state index contributed by atoms with van der Waals surface area (Å²) in [5.41, 5.74) is 4.26. The van der Waals surface area contributed by atoms with Gasteiger partial charge in [0, 0.05) is 17.3 Å². The van der Waals surface area contributed by atoms with E-state index in [-0.39, 0.29) is 0 Å². The van der Waals surface area contributed by atoms with Crippen LogP contribution in [0.4, 0.5) is 5.69 Å². The molecule has 0 amide bonds. The third-order valence-corrected chi connectivity index (χ3v) is 4.81. The Balaban J connectivity index is 1.42. The second-order valence-corrected chi connectivity index (χ2v) is 6.82. The van der Waals surface area contributed by atoms with Crippen LogP contribution < -0.4 is 14.8 Å². The number of anilines is 1. The minimum absolute atomic E-state index is 0.571. The maximum absolute atomic E-state index is 6.18. The average Bonchev–Trinajstić information content (AvgIpc) is 2.69. The van der Waals surface area contributed by atoms with E-state index >= 15 is 0 Å². The van der Waals surface area contributed by atoms with Gasteiger partial charge in [0.2, 0.25) is 0 Å². The molecule has 0 fully saturated rings. The Morgan fingerprint density at radius 2 is 1.48 bits per heavy atom. The van der Waals surface area contributed by atoms with Gasteiger partial charge >= 0.3 is 0 Å². The predicted molar refractivity (Wildman–Crippen MR) is 112 cm³/mol. The van der Waals surface area contributed by atoms with Crippen LogP contribution in [0.1, 0.15) is 16.7 Å². The topological polar surface area (TPSA) is 30.5 Å². The van der Waals surface area contributed by atoms with Crippen molar-refractivity contribution in [3.63, 3.8) is 0 Å². The van der Waals surface area contributed by atoms with E-state index in [0.29, 0.717) is 19.8 Å². The number of hydrogen-bond acceptors (Lipinski definition) is 3. The molecule has 3 rings (SSSR count). The van der Waals surface area contributed by atoms with E-state index in [1.165, 1.54) is 0 Å². The van der Waals surface area contributed by atoms with Gasteiger partial charge in [-0.05, 0) is 66.9 Å². The molecule has 0 saturated carbocycles. The second kappa shape index (κ2) is 9.33. The van der Waals surface area contributed by atoms with Crippen molar-refractivity contribution in [3.8, 4) is 11.5 Å². The Hall–Kier alpha value is -2.65. The number of aryl methyl sites for hydroxylation is 2. The smallest absolute Gasteiger partial charge is 0.120 e. The zero-order valence-corrected chi connectivity index (χ0v) is 16.4. The lowest BCUT2D eigenvalue weighted by atomic mass is 10.1. The van der Waals surface area contributed by atoms with Gasteiger partial charge in [-0.15, -0.1) is 0 Å². The highest BCUT2D eigenvalue weighted by Gasteiger charge is 2.03. The van der Waals surface area contributed by atoms with Crippen LogP contribution in [0.2, 0.25) is 5.02 Å². The number of ether oxygens (including phenoxy) is 2. The summed E-state index contributed by atoms with van der Waals surface area (Å²) in [7, 11) is 0. The van der Waals surface area contributed by atoms with Gasteiger partial charge in [0.05, 0.1) is 0 Å². The zero-order chi connectivity index (χ0) is 19.1. The van der Waals surface area contributed by atoms with Crippen LogP contribution in [0.5, 0.6) is 11.5 Å². The summed E-state index contributed by atoms with van der Waals surface area (Å²) >= 11 is 6.18. The summed E-state index contributed by atoms with van der Waals surface area (Å²) in [6.07, 6.45) is 0. The molecule has 27 heavy (non-hydrogen) atoms. The Morgan fingerprint density at radius 3 is 2.15 bits per heavy atom. The summed E-state index contributed by atoms with van der Waals surface area (Å²) in [6, 6.07) is 22.0. The Labute approximate surface area is 165 Å². The fraction of sp³-hybridized carbons (Fsp3) is 0.217. The fourth-order valence-corrected chi connectivity index (χ4v) is 2.87. The molecule has 3 aromatic rings. The van der Waals surface area contributed by atoms with Gasteiger partial charge < -0.3 is 14.8 Å². The number of halogens is 1. The third-order valence-electron chi connectivity index (χ3n) is 4.21. The lowest BCUT2D eigenvalue weighted by molar-refractivity contribution is 0.306. The summed E-state index contributed by atoms with van der Waals surface area (Å²) in [4.78, 5) is 0. The number of nitrogens with one attached hydrogen (secondary N) is 1. The van der Waals surface area contributed by atoms with Crippen molar-refractivity contribution >= 4 is 17.3 Å². The van der Waals surface area contributed by atoms with Gasteiger partial charge in [-0.25, -0.2) is 0 Å². The molecule has 0 aliphatic rings. The first-order valence-corrected chi connectivity index (χ1v) is 9.40. The maximum atomic E-state index is 6.18. The molecule has 0 atom stereocenters. The Morgan fingerprint density at radius 1 is 0.815 bits per heavy atom. The van der Waals surface area contributed by atoms with E-state index in [1.54, 1.807) is 0 Å². The van der Waals surface area contributed by atoms with Crippen molar-refractivity contribution in [2.24, 2.45) is 0 Å². The first-order chi connectivity index (χ1) is 13.1. The van der Waals surface area contributed by atoms with Crippen LogP contribution in [-0.4, -0.2) is 13.2 Å². The van der Waals surface area contributed by atoms with Gasteiger partial charge in [-0.3, -0.25) is 0 Å². The summed E-state index contributed by atoms with van der Waals surface area (Å²) in [5.74, 6) is 1.70. The Kier molecular flexibility index (Phi) is 6.61. The molecule has 0 spiro atoms. The minimum Gasteiger partial charge on any atom is -0.492 e. The number of hydrogen-bond donors (Lipinski definition) is 1. The monoisotopic (exact) mass is 381 g/mol. The van der Waals surface area contributed by atoms with Gasteiger partial charge in [-0.2, -0.15) is 0 Å². The maximum Gasteiger partial charge on any atom is 0.120 e. The van der Waals surface area contributed by atoms with Crippen molar-refractivity contribution < 1.29 is 9.47 Å². The lowest BCUT2D eigenvalue weighted by Gasteiger charge is -2.12. The molecular weight excluding hydrogens is 358 g/mol. The number of benzene rings is 3. The van der Waals surface area contributed by atoms with Crippen LogP contribution in [0, 0.1) is 13.8 Å². The second-order valence-electron chi connectivity index (χ2n) is 6.44. The van der Waals surface area contributed by atoms with Gasteiger partial charge in [0.1, 0.15) is 24.7 Å². The molecule has 0 bridgehead atoms. The lowest BCUT2D eigenvalue weighted by Crippen LogP contribution is -2.11. The molecule has 0 heterocycles. The van der Waals surface area contributed by atoms with Crippen molar-refractivity contribution in [1.29, 1.82) is 0 Å². The van der Waals surface area contributed by atoms with E-state index in [0.717, 1.165) is 38.9 Å². The molecule has 0 aromatic heterocycles. The standard InChI is InChI=1S/C23H24ClNO2/c1-17-14-22(15-18(2)23(17)24)26-13-12-25-20-8-10-21(11-9-20)27-16-19-6-4-3-5-7-19/h3-11,14-15,25H,12-13,16H2,1-2H3. The number of rotatable bonds is 8. The first-order valence-electron chi connectivity index (χ1n) is 9.02. The van der Waals surface area contributed by atoms with Gasteiger partial charge in [0.15, 0.2) is 0 Å². The molecule has 140 valence electrons. The van der Waals surface area contributed by atoms with Crippen LogP contribution in [0.15, 0.2) is 66.7 Å². The molecule has 3 nitrogen and oxygen atoms in total. The highest BCUT2D eigenvalue weighted by molar-refractivity contribution is 6.32. The minimum atomic E-state index is 0.571. The average molecular weight is 382 g/mol. The normalized spacial score (nSPS) is 10.5. The highest BCUT2D eigenvalue weighted by atomic mass is 35.5. The molecule has 0 aliphatic carbocycles. The highest BCUT2D eigenvalue weighted by Crippen LogP contribution is 2.25. The fourth-order valence-electron chi connectivity index (χ4n) is 2.76. The van der Waals surface area contributed by atoms with E-state index in [4.69, 9.17) is 21.1 Å². The molecule has 4 heteroatoms. The van der Waals surface area contributed by atoms with E-state index < -0.39 is 0 Å². The first kappa shape index (κ1) is 19.1. The molecule has 0 aliphatic heterocycles. The van der Waals surface area contributed by atoms with Gasteiger partial charge in [0.25, 0.3) is 0 Å². The molecule has 3 aromatic carbocycles. The van der Waals surface area contributed by atoms with Crippen LogP contribution in [0.3, 0.4) is 0 Å². The van der Waals surface area contributed by atoms with Crippen molar-refractivity contribution in [3.05, 3.63) is 88.4 Å². The third kappa shape index (κ3) is 5.66. The molecular formula is C23H24ClNO2. The van der Waals surface area contributed by atoms with Gasteiger partial charge in [-0.1, -0.05) is 41.9 Å². The largest absolute Gasteiger partial charge is 0.492 e. The van der Waals surface area contributed by atoms with Crippen molar-refractivity contribution in [2.45, 2.75) is 20.5 Å².